The first-order chi connectivity index (χ1) is 12.4. The fraction of sp³-hybridized carbons (Fsp3) is 0.611. The molecule has 0 radical (unpaired) electrons. The standard InChI is InChI=1S/C18H31N3O4S.HI/c1-5-19-18(20-9-12-26(22,23)6-2)21-14-16-8-7-15(3)13-17(16)25-11-10-24-4;/h7-8,13H,5-6,9-12,14H2,1-4H3,(H2,19,20,21);1H. The van der Waals surface area contributed by atoms with E-state index in [1.807, 2.05) is 32.0 Å². The van der Waals surface area contributed by atoms with E-state index in [1.165, 1.54) is 0 Å². The zero-order valence-corrected chi connectivity index (χ0v) is 19.7. The van der Waals surface area contributed by atoms with Crippen molar-refractivity contribution in [3.63, 3.8) is 0 Å². The number of guanidine groups is 1. The number of hydrogen-bond donors (Lipinski definition) is 2. The van der Waals surface area contributed by atoms with Gasteiger partial charge in [-0.15, -0.1) is 24.0 Å². The van der Waals surface area contributed by atoms with Crippen molar-refractivity contribution in [1.29, 1.82) is 0 Å². The third-order valence-corrected chi connectivity index (χ3v) is 5.37. The van der Waals surface area contributed by atoms with Crippen molar-refractivity contribution in [2.24, 2.45) is 4.99 Å². The van der Waals surface area contributed by atoms with Gasteiger partial charge in [0.25, 0.3) is 0 Å². The normalized spacial score (nSPS) is 11.6. The van der Waals surface area contributed by atoms with Crippen LogP contribution in [0.3, 0.4) is 0 Å². The summed E-state index contributed by atoms with van der Waals surface area (Å²) in [7, 11) is -1.36. The Morgan fingerprint density at radius 2 is 1.93 bits per heavy atom. The lowest BCUT2D eigenvalue weighted by atomic mass is 10.1. The molecule has 0 fully saturated rings. The molecular weight excluding hydrogens is 481 g/mol. The van der Waals surface area contributed by atoms with Crippen LogP contribution in [0.1, 0.15) is 25.0 Å². The molecule has 1 rings (SSSR count). The van der Waals surface area contributed by atoms with Gasteiger partial charge in [0.15, 0.2) is 15.8 Å². The van der Waals surface area contributed by atoms with Gasteiger partial charge in [-0.25, -0.2) is 13.4 Å². The van der Waals surface area contributed by atoms with E-state index in [4.69, 9.17) is 9.47 Å². The number of rotatable bonds is 11. The van der Waals surface area contributed by atoms with Crippen molar-refractivity contribution in [1.82, 2.24) is 10.6 Å². The smallest absolute Gasteiger partial charge is 0.191 e. The van der Waals surface area contributed by atoms with Gasteiger partial charge in [0.1, 0.15) is 12.4 Å². The molecule has 9 heteroatoms. The maximum atomic E-state index is 11.6. The number of ether oxygens (including phenoxy) is 2. The van der Waals surface area contributed by atoms with Crippen molar-refractivity contribution < 1.29 is 17.9 Å². The Bertz CT molecular complexity index is 681. The molecule has 0 saturated carbocycles. The van der Waals surface area contributed by atoms with Crippen LogP contribution in [0, 0.1) is 6.92 Å². The van der Waals surface area contributed by atoms with E-state index < -0.39 is 9.84 Å². The Kier molecular flexibility index (Phi) is 13.4. The second-order valence-electron chi connectivity index (χ2n) is 5.81. The summed E-state index contributed by atoms with van der Waals surface area (Å²) in [5.74, 6) is 1.61. The molecule has 0 saturated heterocycles. The second kappa shape index (κ2) is 14.0. The summed E-state index contributed by atoms with van der Waals surface area (Å²) in [6.45, 7) is 8.07. The molecule has 0 aliphatic carbocycles. The van der Waals surface area contributed by atoms with Gasteiger partial charge >= 0.3 is 0 Å². The van der Waals surface area contributed by atoms with Crippen LogP contribution in [0.4, 0.5) is 0 Å². The average molecular weight is 513 g/mol. The molecule has 2 N–H and O–H groups in total. The number of aliphatic imine (C=N–C) groups is 1. The molecule has 156 valence electrons. The Morgan fingerprint density at radius 1 is 1.19 bits per heavy atom. The Balaban J connectivity index is 0.00000676. The zero-order chi connectivity index (χ0) is 19.4. The van der Waals surface area contributed by atoms with Crippen molar-refractivity contribution >= 4 is 39.8 Å². The summed E-state index contributed by atoms with van der Waals surface area (Å²) in [6, 6.07) is 5.99. The van der Waals surface area contributed by atoms with E-state index in [-0.39, 0.29) is 35.5 Å². The highest BCUT2D eigenvalue weighted by Gasteiger charge is 2.08. The summed E-state index contributed by atoms with van der Waals surface area (Å²) in [5.41, 5.74) is 2.07. The number of methoxy groups -OCH3 is 1. The minimum Gasteiger partial charge on any atom is -0.491 e. The van der Waals surface area contributed by atoms with Crippen LogP contribution in [0.25, 0.3) is 0 Å². The van der Waals surface area contributed by atoms with Crippen LogP contribution in [0.15, 0.2) is 23.2 Å². The van der Waals surface area contributed by atoms with Gasteiger partial charge in [0.05, 0.1) is 18.9 Å². The topological polar surface area (TPSA) is 89.0 Å². The van der Waals surface area contributed by atoms with Crippen LogP contribution >= 0.6 is 24.0 Å². The SMILES string of the molecule is CCNC(=NCc1ccc(C)cc1OCCOC)NCCS(=O)(=O)CC.I. The average Bonchev–Trinajstić information content (AvgIpc) is 2.61. The van der Waals surface area contributed by atoms with E-state index in [9.17, 15) is 8.42 Å². The van der Waals surface area contributed by atoms with E-state index in [1.54, 1.807) is 14.0 Å². The summed E-state index contributed by atoms with van der Waals surface area (Å²) in [5, 5.41) is 6.19. The number of nitrogens with one attached hydrogen (secondary N) is 2. The zero-order valence-electron chi connectivity index (χ0n) is 16.6. The van der Waals surface area contributed by atoms with Crippen molar-refractivity contribution in [3.05, 3.63) is 29.3 Å². The highest BCUT2D eigenvalue weighted by atomic mass is 127. The summed E-state index contributed by atoms with van der Waals surface area (Å²) in [6.07, 6.45) is 0. The summed E-state index contributed by atoms with van der Waals surface area (Å²) in [4.78, 5) is 4.54. The van der Waals surface area contributed by atoms with E-state index >= 15 is 0 Å². The molecule has 0 aliphatic heterocycles. The maximum Gasteiger partial charge on any atom is 0.191 e. The van der Waals surface area contributed by atoms with Gasteiger partial charge in [-0.2, -0.15) is 0 Å². The van der Waals surface area contributed by atoms with Crippen molar-refractivity contribution in [2.75, 3.05) is 44.9 Å². The van der Waals surface area contributed by atoms with Crippen molar-refractivity contribution in [2.45, 2.75) is 27.3 Å². The van der Waals surface area contributed by atoms with Crippen LogP contribution in [0.5, 0.6) is 5.75 Å². The number of hydrogen-bond acceptors (Lipinski definition) is 5. The fourth-order valence-corrected chi connectivity index (χ4v) is 2.84. The molecule has 7 nitrogen and oxygen atoms in total. The molecule has 0 bridgehead atoms. The molecule has 0 amide bonds. The summed E-state index contributed by atoms with van der Waals surface area (Å²) >= 11 is 0. The quantitative estimate of drug-likeness (QED) is 0.204. The molecule has 0 heterocycles. The van der Waals surface area contributed by atoms with Crippen LogP contribution in [0.2, 0.25) is 0 Å². The van der Waals surface area contributed by atoms with Crippen LogP contribution < -0.4 is 15.4 Å². The highest BCUT2D eigenvalue weighted by molar-refractivity contribution is 14.0. The van der Waals surface area contributed by atoms with E-state index in [0.29, 0.717) is 38.8 Å². The molecule has 0 atom stereocenters. The first-order valence-electron chi connectivity index (χ1n) is 8.85. The first-order valence-corrected chi connectivity index (χ1v) is 10.7. The largest absolute Gasteiger partial charge is 0.491 e. The van der Waals surface area contributed by atoms with Gasteiger partial charge < -0.3 is 20.1 Å². The first kappa shape index (κ1) is 25.9. The van der Waals surface area contributed by atoms with Gasteiger partial charge in [0.2, 0.25) is 0 Å². The lowest BCUT2D eigenvalue weighted by Gasteiger charge is -2.13. The number of sulfone groups is 1. The minimum atomic E-state index is -3.00. The van der Waals surface area contributed by atoms with Crippen molar-refractivity contribution in [3.8, 4) is 5.75 Å². The molecular formula is C18H32IN3O4S. The molecule has 0 unspecified atom stereocenters. The molecule has 27 heavy (non-hydrogen) atoms. The monoisotopic (exact) mass is 513 g/mol. The van der Waals surface area contributed by atoms with Crippen LogP contribution in [-0.2, 0) is 21.1 Å². The molecule has 0 aliphatic rings. The number of aryl methyl sites for hydroxylation is 1. The van der Waals surface area contributed by atoms with Gasteiger partial charge in [-0.05, 0) is 25.5 Å². The van der Waals surface area contributed by atoms with E-state index in [0.717, 1.165) is 16.9 Å². The predicted molar refractivity (Wildman–Crippen MR) is 121 cm³/mol. The lowest BCUT2D eigenvalue weighted by Crippen LogP contribution is -2.39. The minimum absolute atomic E-state index is 0. The summed E-state index contributed by atoms with van der Waals surface area (Å²) < 4.78 is 34.0. The Hall–Kier alpha value is -1.07. The second-order valence-corrected chi connectivity index (χ2v) is 8.28. The van der Waals surface area contributed by atoms with Gasteiger partial charge in [-0.1, -0.05) is 19.1 Å². The number of benzene rings is 1. The van der Waals surface area contributed by atoms with Crippen LogP contribution in [-0.4, -0.2) is 59.3 Å². The number of halogens is 1. The predicted octanol–water partition coefficient (Wildman–Crippen LogP) is 2.13. The van der Waals surface area contributed by atoms with E-state index in [2.05, 4.69) is 15.6 Å². The highest BCUT2D eigenvalue weighted by Crippen LogP contribution is 2.21. The third kappa shape index (κ3) is 10.7. The molecule has 0 aromatic heterocycles. The maximum absolute atomic E-state index is 11.6. The molecule has 1 aromatic carbocycles. The Labute approximate surface area is 180 Å². The fourth-order valence-electron chi connectivity index (χ4n) is 2.14. The molecule has 0 spiro atoms. The lowest BCUT2D eigenvalue weighted by molar-refractivity contribution is 0.146. The Morgan fingerprint density at radius 3 is 2.56 bits per heavy atom. The number of nitrogens with zero attached hydrogens (tertiary/aromatic N) is 1. The van der Waals surface area contributed by atoms with Gasteiger partial charge in [0, 0.05) is 31.5 Å². The molecule has 1 aromatic rings. The van der Waals surface area contributed by atoms with Gasteiger partial charge in [-0.3, -0.25) is 0 Å². The third-order valence-electron chi connectivity index (χ3n) is 3.66.